The number of amides is 1. The van der Waals surface area contributed by atoms with E-state index in [1.54, 1.807) is 13.0 Å². The lowest BCUT2D eigenvalue weighted by molar-refractivity contribution is 0.100. The van der Waals surface area contributed by atoms with Crippen LogP contribution in [-0.2, 0) is 9.05 Å². The average molecular weight is 367 g/mol. The zero-order chi connectivity index (χ0) is 18.1. The molecule has 4 N–H and O–H groups in total. The van der Waals surface area contributed by atoms with Crippen LogP contribution < -0.4 is 11.5 Å². The molecule has 0 atom stereocenters. The second-order valence-corrected chi connectivity index (χ2v) is 7.70. The van der Waals surface area contributed by atoms with Crippen LogP contribution in [0.1, 0.15) is 22.8 Å². The van der Waals surface area contributed by atoms with Gasteiger partial charge in [-0.1, -0.05) is 6.07 Å². The maximum atomic E-state index is 12.1. The number of carbonyl (C=O) groups excluding carboxylic acids is 1. The third-order valence-electron chi connectivity index (χ3n) is 3.23. The van der Waals surface area contributed by atoms with E-state index in [0.29, 0.717) is 11.1 Å². The molecule has 9 heteroatoms. The van der Waals surface area contributed by atoms with Gasteiger partial charge in [0.1, 0.15) is 11.7 Å². The summed E-state index contributed by atoms with van der Waals surface area (Å²) in [5, 5.41) is 0. The molecule has 1 amide bonds. The van der Waals surface area contributed by atoms with Gasteiger partial charge in [0, 0.05) is 22.4 Å². The number of nitrogens with two attached hydrogens (primary N) is 2. The van der Waals surface area contributed by atoms with Gasteiger partial charge in [0.25, 0.3) is 15.0 Å². The number of aryl methyl sites for hydroxylation is 1. The highest BCUT2D eigenvalue weighted by Gasteiger charge is 2.16. The lowest BCUT2D eigenvalue weighted by Crippen LogP contribution is -2.11. The van der Waals surface area contributed by atoms with Gasteiger partial charge in [-0.15, -0.1) is 0 Å². The molecule has 126 valence electrons. The number of amidine groups is 1. The van der Waals surface area contributed by atoms with Crippen LogP contribution in [0.2, 0.25) is 0 Å². The molecule has 2 aromatic rings. The Hall–Kier alpha value is -2.45. The Morgan fingerprint density at radius 3 is 2.54 bits per heavy atom. The molecular weight excluding hydrogens is 352 g/mol. The lowest BCUT2D eigenvalue weighted by atomic mass is 10.0. The van der Waals surface area contributed by atoms with Crippen molar-refractivity contribution in [2.24, 2.45) is 10.7 Å². The molecule has 7 nitrogen and oxygen atoms in total. The predicted octanol–water partition coefficient (Wildman–Crippen LogP) is 2.08. The van der Waals surface area contributed by atoms with Crippen molar-refractivity contribution in [1.82, 2.24) is 4.98 Å². The van der Waals surface area contributed by atoms with Crippen molar-refractivity contribution in [2.45, 2.75) is 18.7 Å². The summed E-state index contributed by atoms with van der Waals surface area (Å²) >= 11 is 0. The second kappa shape index (κ2) is 6.58. The Balaban J connectivity index is 2.62. The average Bonchev–Trinajstić information content (AvgIpc) is 2.46. The molecule has 0 saturated heterocycles. The molecule has 2 rings (SSSR count). The highest BCUT2D eigenvalue weighted by atomic mass is 35.7. The van der Waals surface area contributed by atoms with Gasteiger partial charge >= 0.3 is 0 Å². The van der Waals surface area contributed by atoms with E-state index < -0.39 is 15.0 Å². The van der Waals surface area contributed by atoms with Crippen molar-refractivity contribution in [3.05, 3.63) is 41.6 Å². The topological polar surface area (TPSA) is 128 Å². The number of hydrogen-bond donors (Lipinski definition) is 2. The molecule has 0 fully saturated rings. The molecule has 0 bridgehead atoms. The van der Waals surface area contributed by atoms with Gasteiger partial charge in [-0.3, -0.25) is 4.79 Å². The number of rotatable bonds is 3. The summed E-state index contributed by atoms with van der Waals surface area (Å²) in [6.07, 6.45) is 1.44. The second-order valence-electron chi connectivity index (χ2n) is 5.13. The van der Waals surface area contributed by atoms with E-state index in [1.165, 1.54) is 31.3 Å². The number of halogens is 1. The van der Waals surface area contributed by atoms with Crippen molar-refractivity contribution in [2.75, 3.05) is 5.73 Å². The Kier molecular flexibility index (Phi) is 4.91. The van der Waals surface area contributed by atoms with E-state index in [1.807, 2.05) is 0 Å². The fourth-order valence-electron chi connectivity index (χ4n) is 2.08. The molecule has 1 aromatic heterocycles. The van der Waals surface area contributed by atoms with Gasteiger partial charge in [0.15, 0.2) is 0 Å². The first kappa shape index (κ1) is 17.9. The van der Waals surface area contributed by atoms with Gasteiger partial charge in [-0.2, -0.15) is 4.99 Å². The molecule has 0 spiro atoms. The zero-order valence-corrected chi connectivity index (χ0v) is 14.5. The number of hydrogen-bond acceptors (Lipinski definition) is 5. The Labute approximate surface area is 143 Å². The lowest BCUT2D eigenvalue weighted by Gasteiger charge is -2.10. The standard InChI is InChI=1S/C15H15ClN4O3S/c1-8-3-4-11(24(16,22)23)6-12(8)10-5-13(14(18)19-7-10)15(21)20-9(2)17/h3-7H,1-2H3,(H2,18,19)(H2,17,20,21). The third-order valence-corrected chi connectivity index (χ3v) is 4.58. The van der Waals surface area contributed by atoms with Gasteiger partial charge in [0.05, 0.1) is 10.5 Å². The van der Waals surface area contributed by atoms with Crippen LogP contribution in [0.4, 0.5) is 5.82 Å². The van der Waals surface area contributed by atoms with Crippen LogP contribution in [0.3, 0.4) is 0 Å². The summed E-state index contributed by atoms with van der Waals surface area (Å²) in [7, 11) is 1.51. The van der Waals surface area contributed by atoms with Gasteiger partial charge < -0.3 is 11.5 Å². The maximum absolute atomic E-state index is 12.1. The molecule has 1 aromatic carbocycles. The third kappa shape index (κ3) is 3.90. The van der Waals surface area contributed by atoms with Gasteiger partial charge in [0.2, 0.25) is 0 Å². The number of carbonyl (C=O) groups is 1. The number of pyridine rings is 1. The van der Waals surface area contributed by atoms with Crippen molar-refractivity contribution >= 4 is 37.3 Å². The number of nitrogens with zero attached hydrogens (tertiary/aromatic N) is 2. The summed E-state index contributed by atoms with van der Waals surface area (Å²) in [5.74, 6) is -0.524. The summed E-state index contributed by atoms with van der Waals surface area (Å²) in [5.41, 5.74) is 13.1. The van der Waals surface area contributed by atoms with Crippen LogP contribution in [-0.4, -0.2) is 25.1 Å². The first-order chi connectivity index (χ1) is 11.1. The summed E-state index contributed by atoms with van der Waals surface area (Å²) < 4.78 is 23.0. The highest BCUT2D eigenvalue weighted by molar-refractivity contribution is 8.13. The van der Waals surface area contributed by atoms with Gasteiger partial charge in [-0.05, 0) is 43.2 Å². The van der Waals surface area contributed by atoms with Crippen molar-refractivity contribution in [3.63, 3.8) is 0 Å². The molecule has 1 heterocycles. The Morgan fingerprint density at radius 1 is 1.29 bits per heavy atom. The molecule has 0 unspecified atom stereocenters. The van der Waals surface area contributed by atoms with E-state index in [4.69, 9.17) is 22.1 Å². The van der Waals surface area contributed by atoms with Crippen LogP contribution in [0.15, 0.2) is 40.4 Å². The molecule has 0 radical (unpaired) electrons. The smallest absolute Gasteiger partial charge is 0.282 e. The van der Waals surface area contributed by atoms with Gasteiger partial charge in [-0.25, -0.2) is 13.4 Å². The van der Waals surface area contributed by atoms with E-state index in [9.17, 15) is 13.2 Å². The highest BCUT2D eigenvalue weighted by Crippen LogP contribution is 2.29. The van der Waals surface area contributed by atoms with E-state index in [0.717, 1.165) is 5.56 Å². The Morgan fingerprint density at radius 2 is 1.96 bits per heavy atom. The first-order valence-electron chi connectivity index (χ1n) is 6.76. The van der Waals surface area contributed by atoms with E-state index in [2.05, 4.69) is 9.98 Å². The van der Waals surface area contributed by atoms with E-state index >= 15 is 0 Å². The number of aromatic nitrogens is 1. The summed E-state index contributed by atoms with van der Waals surface area (Å²) in [4.78, 5) is 19.6. The Bertz CT molecular complexity index is 951. The van der Waals surface area contributed by atoms with Crippen LogP contribution in [0.5, 0.6) is 0 Å². The molecule has 24 heavy (non-hydrogen) atoms. The minimum atomic E-state index is -3.88. The van der Waals surface area contributed by atoms with Crippen molar-refractivity contribution in [1.29, 1.82) is 0 Å². The normalized spacial score (nSPS) is 12.2. The minimum Gasteiger partial charge on any atom is -0.387 e. The maximum Gasteiger partial charge on any atom is 0.282 e. The number of aliphatic imine (C=N–C) groups is 1. The number of benzene rings is 1. The fourth-order valence-corrected chi connectivity index (χ4v) is 2.86. The van der Waals surface area contributed by atoms with Crippen molar-refractivity contribution in [3.8, 4) is 11.1 Å². The minimum absolute atomic E-state index is 0.00697. The molecule has 0 aliphatic heterocycles. The van der Waals surface area contributed by atoms with Crippen LogP contribution in [0, 0.1) is 6.92 Å². The van der Waals surface area contributed by atoms with E-state index in [-0.39, 0.29) is 22.1 Å². The summed E-state index contributed by atoms with van der Waals surface area (Å²) in [6, 6.07) is 5.92. The monoisotopic (exact) mass is 366 g/mol. The predicted molar refractivity (Wildman–Crippen MR) is 93.5 cm³/mol. The molecule has 0 saturated carbocycles. The van der Waals surface area contributed by atoms with Crippen LogP contribution in [0.25, 0.3) is 11.1 Å². The van der Waals surface area contributed by atoms with Crippen molar-refractivity contribution < 1.29 is 13.2 Å². The largest absolute Gasteiger partial charge is 0.387 e. The number of nitrogen functional groups attached to an aromatic ring is 1. The zero-order valence-electron chi connectivity index (χ0n) is 12.9. The number of anilines is 1. The fraction of sp³-hybridized carbons (Fsp3) is 0.133. The SMILES string of the molecule is CC(N)=NC(=O)c1cc(-c2cc(S(=O)(=O)Cl)ccc2C)cnc1N. The van der Waals surface area contributed by atoms with Crippen LogP contribution >= 0.6 is 10.7 Å². The first-order valence-corrected chi connectivity index (χ1v) is 9.07. The molecule has 0 aliphatic carbocycles. The molecular formula is C15H15ClN4O3S. The quantitative estimate of drug-likeness (QED) is 0.486. The summed E-state index contributed by atoms with van der Waals surface area (Å²) in [6.45, 7) is 3.27. The molecule has 0 aliphatic rings.